The van der Waals surface area contributed by atoms with Crippen LogP contribution < -0.4 is 9.64 Å². The Kier molecular flexibility index (Phi) is 1.94. The standard InChI is InChI=1S/C13H15NO3/c1-13-7-11(15)17-12(13)14(2)10-5-4-8(16-3)6-9(10)13/h4-6,12H,7H2,1-3H3/t12-,13-/m0/s1. The van der Waals surface area contributed by atoms with E-state index in [0.29, 0.717) is 6.42 Å². The highest BCUT2D eigenvalue weighted by molar-refractivity contribution is 5.80. The minimum absolute atomic E-state index is 0.127. The predicted octanol–water partition coefficient (Wildman–Crippen LogP) is 1.68. The summed E-state index contributed by atoms with van der Waals surface area (Å²) < 4.78 is 10.7. The van der Waals surface area contributed by atoms with E-state index in [-0.39, 0.29) is 17.6 Å². The van der Waals surface area contributed by atoms with E-state index in [9.17, 15) is 4.79 Å². The van der Waals surface area contributed by atoms with Crippen molar-refractivity contribution in [1.82, 2.24) is 0 Å². The minimum Gasteiger partial charge on any atom is -0.497 e. The van der Waals surface area contributed by atoms with E-state index in [4.69, 9.17) is 9.47 Å². The van der Waals surface area contributed by atoms with Gasteiger partial charge in [0.15, 0.2) is 6.23 Å². The van der Waals surface area contributed by atoms with E-state index in [2.05, 4.69) is 6.92 Å². The summed E-state index contributed by atoms with van der Waals surface area (Å²) in [6.07, 6.45) is 0.249. The number of fused-ring (bicyclic) bond motifs is 3. The zero-order chi connectivity index (χ0) is 12.2. The number of benzene rings is 1. The van der Waals surface area contributed by atoms with E-state index in [1.165, 1.54) is 0 Å². The second kappa shape index (κ2) is 3.15. The smallest absolute Gasteiger partial charge is 0.308 e. The number of nitrogens with zero attached hydrogens (tertiary/aromatic N) is 1. The summed E-state index contributed by atoms with van der Waals surface area (Å²) in [6.45, 7) is 2.07. The van der Waals surface area contributed by atoms with Crippen LogP contribution >= 0.6 is 0 Å². The van der Waals surface area contributed by atoms with Gasteiger partial charge in [0.1, 0.15) is 5.75 Å². The molecule has 1 saturated heterocycles. The normalized spacial score (nSPS) is 29.9. The van der Waals surface area contributed by atoms with E-state index < -0.39 is 0 Å². The Labute approximate surface area is 100 Å². The second-order valence-electron chi connectivity index (χ2n) is 4.93. The summed E-state index contributed by atoms with van der Waals surface area (Å²) in [4.78, 5) is 13.5. The molecule has 4 heteroatoms. The summed E-state index contributed by atoms with van der Waals surface area (Å²) in [5.74, 6) is 0.691. The molecule has 1 aromatic rings. The maximum atomic E-state index is 11.5. The van der Waals surface area contributed by atoms with Crippen LogP contribution in [-0.4, -0.2) is 26.4 Å². The summed E-state index contributed by atoms with van der Waals surface area (Å²) in [5, 5.41) is 0. The molecule has 0 aromatic heterocycles. The van der Waals surface area contributed by atoms with Crippen molar-refractivity contribution in [3.05, 3.63) is 23.8 Å². The van der Waals surface area contributed by atoms with Crippen molar-refractivity contribution in [2.45, 2.75) is 25.0 Å². The zero-order valence-electron chi connectivity index (χ0n) is 10.2. The van der Waals surface area contributed by atoms with Crippen molar-refractivity contribution in [3.63, 3.8) is 0 Å². The van der Waals surface area contributed by atoms with Crippen molar-refractivity contribution >= 4 is 11.7 Å². The molecule has 2 aliphatic heterocycles. The quantitative estimate of drug-likeness (QED) is 0.692. The summed E-state index contributed by atoms with van der Waals surface area (Å²) in [7, 11) is 3.61. The molecule has 0 aliphatic carbocycles. The largest absolute Gasteiger partial charge is 0.497 e. The first kappa shape index (κ1) is 10.4. The predicted molar refractivity (Wildman–Crippen MR) is 63.2 cm³/mol. The monoisotopic (exact) mass is 233 g/mol. The molecule has 0 saturated carbocycles. The Bertz CT molecular complexity index is 499. The van der Waals surface area contributed by atoms with Crippen molar-refractivity contribution in [2.75, 3.05) is 19.1 Å². The van der Waals surface area contributed by atoms with Gasteiger partial charge in [-0.25, -0.2) is 0 Å². The first-order valence-corrected chi connectivity index (χ1v) is 5.67. The van der Waals surface area contributed by atoms with Gasteiger partial charge in [-0.15, -0.1) is 0 Å². The number of ether oxygens (including phenoxy) is 2. The summed E-state index contributed by atoms with van der Waals surface area (Å²) in [6, 6.07) is 5.96. The number of hydrogen-bond donors (Lipinski definition) is 0. The first-order valence-electron chi connectivity index (χ1n) is 5.67. The van der Waals surface area contributed by atoms with E-state index in [1.807, 2.05) is 30.1 Å². The SMILES string of the molecule is COc1ccc2c(c1)[C@]1(C)CC(=O)O[C@@H]1N2C. The average Bonchev–Trinajstić information content (AvgIpc) is 2.72. The molecule has 0 amide bonds. The maximum absolute atomic E-state index is 11.5. The van der Waals surface area contributed by atoms with Crippen LogP contribution in [0.15, 0.2) is 18.2 Å². The van der Waals surface area contributed by atoms with Gasteiger partial charge in [0.2, 0.25) is 0 Å². The Hall–Kier alpha value is -1.71. The molecule has 1 fully saturated rings. The molecule has 0 unspecified atom stereocenters. The molecular weight excluding hydrogens is 218 g/mol. The number of esters is 1. The average molecular weight is 233 g/mol. The Balaban J connectivity index is 2.16. The molecule has 0 spiro atoms. The number of hydrogen-bond acceptors (Lipinski definition) is 4. The highest BCUT2D eigenvalue weighted by Crippen LogP contribution is 2.51. The highest BCUT2D eigenvalue weighted by atomic mass is 16.6. The number of likely N-dealkylation sites (N-methyl/N-ethyl adjacent to an activating group) is 1. The van der Waals surface area contributed by atoms with Gasteiger partial charge < -0.3 is 14.4 Å². The highest BCUT2D eigenvalue weighted by Gasteiger charge is 2.55. The van der Waals surface area contributed by atoms with Gasteiger partial charge in [0, 0.05) is 12.7 Å². The van der Waals surface area contributed by atoms with Gasteiger partial charge in [-0.2, -0.15) is 0 Å². The topological polar surface area (TPSA) is 38.8 Å². The van der Waals surface area contributed by atoms with Gasteiger partial charge in [-0.05, 0) is 30.7 Å². The second-order valence-corrected chi connectivity index (χ2v) is 4.93. The van der Waals surface area contributed by atoms with Gasteiger partial charge in [0.05, 0.1) is 18.9 Å². The van der Waals surface area contributed by atoms with Crippen LogP contribution in [0.1, 0.15) is 18.9 Å². The molecule has 2 atom stereocenters. The minimum atomic E-state index is -0.254. The molecule has 1 aromatic carbocycles. The van der Waals surface area contributed by atoms with Crippen molar-refractivity contribution in [2.24, 2.45) is 0 Å². The van der Waals surface area contributed by atoms with E-state index >= 15 is 0 Å². The van der Waals surface area contributed by atoms with E-state index in [0.717, 1.165) is 17.0 Å². The fraction of sp³-hybridized carbons (Fsp3) is 0.462. The lowest BCUT2D eigenvalue weighted by Crippen LogP contribution is -2.37. The first-order chi connectivity index (χ1) is 8.06. The fourth-order valence-electron chi connectivity index (χ4n) is 2.95. The van der Waals surface area contributed by atoms with Gasteiger partial charge in [-0.3, -0.25) is 4.79 Å². The Morgan fingerprint density at radius 2 is 2.29 bits per heavy atom. The van der Waals surface area contributed by atoms with Crippen LogP contribution in [0.2, 0.25) is 0 Å². The molecule has 0 radical (unpaired) electrons. The molecule has 17 heavy (non-hydrogen) atoms. The maximum Gasteiger partial charge on any atom is 0.308 e. The van der Waals surface area contributed by atoms with Crippen molar-refractivity contribution in [1.29, 1.82) is 0 Å². The molecule has 90 valence electrons. The van der Waals surface area contributed by atoms with Crippen LogP contribution in [0.25, 0.3) is 0 Å². The lowest BCUT2D eigenvalue weighted by atomic mass is 9.81. The number of anilines is 1. The lowest BCUT2D eigenvalue weighted by Gasteiger charge is -2.24. The zero-order valence-corrected chi connectivity index (χ0v) is 10.2. The summed E-state index contributed by atoms with van der Waals surface area (Å²) in [5.41, 5.74) is 2.00. The molecule has 0 N–H and O–H groups in total. The number of methoxy groups -OCH3 is 1. The molecule has 2 aliphatic rings. The van der Waals surface area contributed by atoms with Crippen LogP contribution in [0, 0.1) is 0 Å². The molecule has 2 heterocycles. The van der Waals surface area contributed by atoms with Crippen molar-refractivity contribution < 1.29 is 14.3 Å². The van der Waals surface area contributed by atoms with Crippen molar-refractivity contribution in [3.8, 4) is 5.75 Å². The van der Waals surface area contributed by atoms with Crippen LogP contribution in [0.4, 0.5) is 5.69 Å². The van der Waals surface area contributed by atoms with Gasteiger partial charge in [0.25, 0.3) is 0 Å². The number of rotatable bonds is 1. The third-order valence-corrected chi connectivity index (χ3v) is 3.85. The van der Waals surface area contributed by atoms with Gasteiger partial charge >= 0.3 is 5.97 Å². The van der Waals surface area contributed by atoms with Crippen LogP contribution in [-0.2, 0) is 14.9 Å². The number of carbonyl (C=O) groups is 1. The molecule has 0 bridgehead atoms. The van der Waals surface area contributed by atoms with Crippen LogP contribution in [0.5, 0.6) is 5.75 Å². The van der Waals surface area contributed by atoms with E-state index in [1.54, 1.807) is 7.11 Å². The number of carbonyl (C=O) groups excluding carboxylic acids is 1. The summed E-state index contributed by atoms with van der Waals surface area (Å²) >= 11 is 0. The van der Waals surface area contributed by atoms with Crippen LogP contribution in [0.3, 0.4) is 0 Å². The molecule has 3 rings (SSSR count). The Morgan fingerprint density at radius 3 is 3.00 bits per heavy atom. The lowest BCUT2D eigenvalue weighted by molar-refractivity contribution is -0.141. The Morgan fingerprint density at radius 1 is 1.53 bits per heavy atom. The third kappa shape index (κ3) is 1.21. The molecular formula is C13H15NO3. The molecule has 4 nitrogen and oxygen atoms in total. The fourth-order valence-corrected chi connectivity index (χ4v) is 2.95. The van der Waals surface area contributed by atoms with Gasteiger partial charge in [-0.1, -0.05) is 0 Å². The third-order valence-electron chi connectivity index (χ3n) is 3.85.